The number of carbonyl (C=O) groups excluding carboxylic acids is 3. The summed E-state index contributed by atoms with van der Waals surface area (Å²) in [7, 11) is 2.96. The maximum atomic E-state index is 12.7. The Morgan fingerprint density at radius 3 is 2.37 bits per heavy atom. The second kappa shape index (κ2) is 12.8. The van der Waals surface area contributed by atoms with Crippen LogP contribution in [0.5, 0.6) is 5.75 Å². The van der Waals surface area contributed by atoms with Crippen molar-refractivity contribution in [3.05, 3.63) is 53.6 Å². The molecule has 38 heavy (non-hydrogen) atoms. The number of aryl methyl sites for hydroxylation is 1. The highest BCUT2D eigenvalue weighted by molar-refractivity contribution is 6.00. The maximum Gasteiger partial charge on any atom is 0.328 e. The van der Waals surface area contributed by atoms with Gasteiger partial charge in [0.05, 0.1) is 19.9 Å². The van der Waals surface area contributed by atoms with Crippen LogP contribution in [0.15, 0.2) is 42.5 Å². The minimum atomic E-state index is -0.405. The molecule has 0 spiro atoms. The first kappa shape index (κ1) is 27.5. The third-order valence-corrected chi connectivity index (χ3v) is 7.90. The fraction of sp³-hybridized carbons (Fsp3) is 0.500. The zero-order valence-electron chi connectivity index (χ0n) is 22.6. The number of anilines is 2. The molecule has 1 aliphatic heterocycles. The van der Waals surface area contributed by atoms with Crippen molar-refractivity contribution in [2.45, 2.75) is 70.3 Å². The van der Waals surface area contributed by atoms with Gasteiger partial charge in [-0.2, -0.15) is 0 Å². The summed E-state index contributed by atoms with van der Waals surface area (Å²) in [6.07, 6.45) is 7.31. The fourth-order valence-electron chi connectivity index (χ4n) is 5.74. The first-order valence-electron chi connectivity index (χ1n) is 13.6. The first-order valence-corrected chi connectivity index (χ1v) is 13.6. The number of likely N-dealkylation sites (tertiary alicyclic amines) is 1. The highest BCUT2D eigenvalue weighted by Crippen LogP contribution is 2.38. The Kier molecular flexibility index (Phi) is 9.26. The molecule has 0 radical (unpaired) electrons. The SMILES string of the molecule is COC(=O)[C@H]1CCCN1C(=O)CC[C@H]1CC[C@H](c2ccc(NC(=O)Nc3cc(C)ccc3OC)cc2)CC1. The van der Waals surface area contributed by atoms with E-state index in [9.17, 15) is 14.4 Å². The highest BCUT2D eigenvalue weighted by atomic mass is 16.5. The molecule has 0 unspecified atom stereocenters. The van der Waals surface area contributed by atoms with Gasteiger partial charge >= 0.3 is 12.0 Å². The molecule has 0 bridgehead atoms. The molecular formula is C30H39N3O5. The van der Waals surface area contributed by atoms with Gasteiger partial charge in [-0.05, 0) is 99.1 Å². The van der Waals surface area contributed by atoms with Crippen molar-refractivity contribution in [2.75, 3.05) is 31.4 Å². The van der Waals surface area contributed by atoms with E-state index in [1.54, 1.807) is 12.0 Å². The molecule has 2 fully saturated rings. The van der Waals surface area contributed by atoms with Crippen LogP contribution in [0, 0.1) is 12.8 Å². The van der Waals surface area contributed by atoms with Crippen molar-refractivity contribution >= 4 is 29.3 Å². The predicted octanol–water partition coefficient (Wildman–Crippen LogP) is 5.87. The lowest BCUT2D eigenvalue weighted by Crippen LogP contribution is -2.41. The van der Waals surface area contributed by atoms with Gasteiger partial charge in [0.2, 0.25) is 5.91 Å². The molecule has 2 aromatic rings. The van der Waals surface area contributed by atoms with Crippen LogP contribution in [0.1, 0.15) is 68.4 Å². The predicted molar refractivity (Wildman–Crippen MR) is 147 cm³/mol. The van der Waals surface area contributed by atoms with Crippen molar-refractivity contribution in [1.82, 2.24) is 4.90 Å². The Balaban J connectivity index is 1.22. The van der Waals surface area contributed by atoms with Crippen LogP contribution >= 0.6 is 0 Å². The Hall–Kier alpha value is -3.55. The summed E-state index contributed by atoms with van der Waals surface area (Å²) in [4.78, 5) is 38.9. The number of hydrogen-bond acceptors (Lipinski definition) is 5. The van der Waals surface area contributed by atoms with Gasteiger partial charge in [-0.3, -0.25) is 4.79 Å². The Bertz CT molecular complexity index is 1130. The maximum absolute atomic E-state index is 12.7. The summed E-state index contributed by atoms with van der Waals surface area (Å²) >= 11 is 0. The van der Waals surface area contributed by atoms with Gasteiger partial charge < -0.3 is 25.0 Å². The average Bonchev–Trinajstić information content (AvgIpc) is 3.42. The molecule has 1 atom stereocenters. The number of amides is 3. The number of rotatable bonds is 8. The summed E-state index contributed by atoms with van der Waals surface area (Å²) < 4.78 is 10.2. The van der Waals surface area contributed by atoms with E-state index in [1.165, 1.54) is 12.7 Å². The lowest BCUT2D eigenvalue weighted by Gasteiger charge is -2.29. The van der Waals surface area contributed by atoms with Crippen LogP contribution in [0.3, 0.4) is 0 Å². The minimum absolute atomic E-state index is 0.0768. The molecule has 8 heteroatoms. The van der Waals surface area contributed by atoms with Crippen LogP contribution in [0.2, 0.25) is 0 Å². The number of methoxy groups -OCH3 is 2. The lowest BCUT2D eigenvalue weighted by molar-refractivity contribution is -0.151. The Labute approximate surface area is 225 Å². The average molecular weight is 522 g/mol. The van der Waals surface area contributed by atoms with E-state index >= 15 is 0 Å². The van der Waals surface area contributed by atoms with Gasteiger partial charge in [0.15, 0.2) is 0 Å². The third-order valence-electron chi connectivity index (χ3n) is 7.90. The summed E-state index contributed by atoms with van der Waals surface area (Å²) in [6.45, 7) is 2.61. The van der Waals surface area contributed by atoms with Crippen LogP contribution in [-0.4, -0.2) is 49.6 Å². The molecule has 1 heterocycles. The molecule has 1 saturated heterocycles. The van der Waals surface area contributed by atoms with E-state index in [1.807, 2.05) is 37.3 Å². The number of hydrogen-bond donors (Lipinski definition) is 2. The normalized spacial score (nSPS) is 21.0. The number of ether oxygens (including phenoxy) is 2. The molecule has 8 nitrogen and oxygen atoms in total. The summed E-state index contributed by atoms with van der Waals surface area (Å²) in [5.41, 5.74) is 3.68. The van der Waals surface area contributed by atoms with Crippen LogP contribution < -0.4 is 15.4 Å². The van der Waals surface area contributed by atoms with Gasteiger partial charge in [0, 0.05) is 18.7 Å². The first-order chi connectivity index (χ1) is 18.4. The molecule has 1 saturated carbocycles. The number of nitrogens with one attached hydrogen (secondary N) is 2. The lowest BCUT2D eigenvalue weighted by atomic mass is 9.77. The zero-order valence-corrected chi connectivity index (χ0v) is 22.6. The highest BCUT2D eigenvalue weighted by Gasteiger charge is 2.35. The number of urea groups is 1. The number of carbonyl (C=O) groups is 3. The molecule has 0 aromatic heterocycles. The van der Waals surface area contributed by atoms with Gasteiger partial charge in [-0.25, -0.2) is 9.59 Å². The molecule has 204 valence electrons. The van der Waals surface area contributed by atoms with E-state index in [0.29, 0.717) is 42.7 Å². The summed E-state index contributed by atoms with van der Waals surface area (Å²) in [5, 5.41) is 5.75. The quantitative estimate of drug-likeness (QED) is 0.424. The Morgan fingerprint density at radius 2 is 1.68 bits per heavy atom. The fourth-order valence-corrected chi connectivity index (χ4v) is 5.74. The van der Waals surface area contributed by atoms with Crippen molar-refractivity contribution in [1.29, 1.82) is 0 Å². The zero-order chi connectivity index (χ0) is 27.1. The second-order valence-corrected chi connectivity index (χ2v) is 10.4. The van der Waals surface area contributed by atoms with Gasteiger partial charge in [-0.15, -0.1) is 0 Å². The van der Waals surface area contributed by atoms with E-state index in [0.717, 1.165) is 49.8 Å². The van der Waals surface area contributed by atoms with Crippen molar-refractivity contribution < 1.29 is 23.9 Å². The van der Waals surface area contributed by atoms with Gasteiger partial charge in [0.25, 0.3) is 0 Å². The van der Waals surface area contributed by atoms with Crippen LogP contribution in [0.25, 0.3) is 0 Å². The monoisotopic (exact) mass is 521 g/mol. The topological polar surface area (TPSA) is 97.0 Å². The molecule has 1 aliphatic carbocycles. The van der Waals surface area contributed by atoms with Crippen LogP contribution in [0.4, 0.5) is 16.2 Å². The van der Waals surface area contributed by atoms with Crippen LogP contribution in [-0.2, 0) is 14.3 Å². The van der Waals surface area contributed by atoms with Gasteiger partial charge in [-0.1, -0.05) is 18.2 Å². The van der Waals surface area contributed by atoms with E-state index in [-0.39, 0.29) is 17.9 Å². The van der Waals surface area contributed by atoms with Crippen molar-refractivity contribution in [2.24, 2.45) is 5.92 Å². The standard InChI is InChI=1S/C30H39N3O5/c1-20-6-16-27(37-2)25(19-20)32-30(36)31-24-14-12-23(13-15-24)22-10-7-21(8-11-22)9-17-28(34)33-18-4-5-26(33)29(35)38-3/h6,12-16,19,21-22,26H,4-5,7-11,17-18H2,1-3H3,(H2,31,32,36)/t21-,22-,26-/m1/s1. The van der Waals surface area contributed by atoms with E-state index in [4.69, 9.17) is 9.47 Å². The smallest absolute Gasteiger partial charge is 0.328 e. The summed E-state index contributed by atoms with van der Waals surface area (Å²) in [6, 6.07) is 13.0. The third kappa shape index (κ3) is 6.85. The molecule has 2 aromatic carbocycles. The summed E-state index contributed by atoms with van der Waals surface area (Å²) in [5.74, 6) is 1.42. The number of nitrogens with zero attached hydrogens (tertiary/aromatic N) is 1. The molecule has 4 rings (SSSR count). The molecule has 2 aliphatic rings. The Morgan fingerprint density at radius 1 is 0.947 bits per heavy atom. The second-order valence-electron chi connectivity index (χ2n) is 10.4. The van der Waals surface area contributed by atoms with Crippen molar-refractivity contribution in [3.8, 4) is 5.75 Å². The minimum Gasteiger partial charge on any atom is -0.495 e. The van der Waals surface area contributed by atoms with Crippen molar-refractivity contribution in [3.63, 3.8) is 0 Å². The largest absolute Gasteiger partial charge is 0.495 e. The number of benzene rings is 2. The molecule has 2 N–H and O–H groups in total. The van der Waals surface area contributed by atoms with E-state index in [2.05, 4.69) is 22.8 Å². The molecule has 3 amide bonds. The van der Waals surface area contributed by atoms with E-state index < -0.39 is 6.04 Å². The van der Waals surface area contributed by atoms with Gasteiger partial charge in [0.1, 0.15) is 11.8 Å². The number of esters is 1. The molecular weight excluding hydrogens is 482 g/mol.